The number of ether oxygens (including phenoxy) is 1. The Morgan fingerprint density at radius 1 is 0.900 bits per heavy atom. The summed E-state index contributed by atoms with van der Waals surface area (Å²) in [6.07, 6.45) is -3.61. The van der Waals surface area contributed by atoms with Crippen molar-refractivity contribution in [3.05, 3.63) is 72.0 Å². The van der Waals surface area contributed by atoms with Crippen LogP contribution in [0.1, 0.15) is 18.4 Å². The minimum Gasteiger partial charge on any atom is -0.490 e. The van der Waals surface area contributed by atoms with Crippen LogP contribution in [0.25, 0.3) is 11.3 Å². The van der Waals surface area contributed by atoms with E-state index in [9.17, 15) is 17.6 Å². The molecule has 1 saturated heterocycles. The number of nitrogens with zero attached hydrogens (tertiary/aromatic N) is 3. The number of rotatable bonds is 4. The Morgan fingerprint density at radius 3 is 2.33 bits per heavy atom. The van der Waals surface area contributed by atoms with Crippen LogP contribution >= 0.6 is 0 Å². The molecule has 3 aromatic rings. The molecule has 2 heterocycles. The second-order valence-corrected chi connectivity index (χ2v) is 7.09. The Hall–Kier alpha value is -3.16. The van der Waals surface area contributed by atoms with Crippen molar-refractivity contribution in [2.24, 2.45) is 0 Å². The Kier molecular flexibility index (Phi) is 5.57. The number of hydrogen-bond donors (Lipinski definition) is 0. The summed E-state index contributed by atoms with van der Waals surface area (Å²) >= 11 is 0. The first kappa shape index (κ1) is 20.1. The molecule has 1 aliphatic heterocycles. The quantitative estimate of drug-likeness (QED) is 0.537. The normalized spacial score (nSPS) is 15.3. The minimum absolute atomic E-state index is 0.136. The van der Waals surface area contributed by atoms with E-state index in [4.69, 9.17) is 4.74 Å². The highest BCUT2D eigenvalue weighted by Gasteiger charge is 2.35. The maximum absolute atomic E-state index is 13.4. The SMILES string of the molecule is Fc1cccc(-c2ccc(N3CCC(Oc4ccccc4C(F)(F)F)CC3)nn2)c1. The van der Waals surface area contributed by atoms with Crippen LogP contribution in [-0.2, 0) is 6.18 Å². The van der Waals surface area contributed by atoms with E-state index in [1.54, 1.807) is 18.2 Å². The van der Waals surface area contributed by atoms with E-state index >= 15 is 0 Å². The van der Waals surface area contributed by atoms with Crippen LogP contribution in [0.5, 0.6) is 5.75 Å². The number of anilines is 1. The number of benzene rings is 2. The van der Waals surface area contributed by atoms with E-state index in [-0.39, 0.29) is 17.7 Å². The van der Waals surface area contributed by atoms with Gasteiger partial charge in [-0.2, -0.15) is 13.2 Å². The average Bonchev–Trinajstić information content (AvgIpc) is 2.74. The van der Waals surface area contributed by atoms with Gasteiger partial charge in [0.15, 0.2) is 5.82 Å². The monoisotopic (exact) mass is 417 g/mol. The molecule has 0 saturated carbocycles. The molecule has 4 rings (SSSR count). The van der Waals surface area contributed by atoms with Crippen LogP contribution in [0.3, 0.4) is 0 Å². The third-order valence-electron chi connectivity index (χ3n) is 5.02. The average molecular weight is 417 g/mol. The molecule has 0 amide bonds. The zero-order valence-corrected chi connectivity index (χ0v) is 15.9. The first-order valence-corrected chi connectivity index (χ1v) is 9.57. The molecule has 1 aromatic heterocycles. The van der Waals surface area contributed by atoms with Crippen molar-refractivity contribution in [2.45, 2.75) is 25.1 Å². The fraction of sp³-hybridized carbons (Fsp3) is 0.273. The van der Waals surface area contributed by atoms with Gasteiger partial charge in [-0.25, -0.2) is 4.39 Å². The lowest BCUT2D eigenvalue weighted by molar-refractivity contribution is -0.139. The fourth-order valence-corrected chi connectivity index (χ4v) is 3.48. The highest BCUT2D eigenvalue weighted by atomic mass is 19.4. The van der Waals surface area contributed by atoms with Crippen molar-refractivity contribution in [2.75, 3.05) is 18.0 Å². The van der Waals surface area contributed by atoms with Gasteiger partial charge in [-0.1, -0.05) is 24.3 Å². The molecule has 0 unspecified atom stereocenters. The van der Waals surface area contributed by atoms with Gasteiger partial charge in [-0.3, -0.25) is 0 Å². The van der Waals surface area contributed by atoms with Crippen molar-refractivity contribution in [3.8, 4) is 17.0 Å². The first-order chi connectivity index (χ1) is 14.4. The molecule has 0 radical (unpaired) electrons. The van der Waals surface area contributed by atoms with Crippen LogP contribution < -0.4 is 9.64 Å². The molecule has 1 fully saturated rings. The summed E-state index contributed by atoms with van der Waals surface area (Å²) in [4.78, 5) is 2.01. The number of piperidine rings is 1. The van der Waals surface area contributed by atoms with Gasteiger partial charge in [-0.05, 0) is 36.4 Å². The summed E-state index contributed by atoms with van der Waals surface area (Å²) in [6.45, 7) is 1.18. The van der Waals surface area contributed by atoms with Gasteiger partial charge in [-0.15, -0.1) is 10.2 Å². The van der Waals surface area contributed by atoms with Crippen molar-refractivity contribution in [1.82, 2.24) is 10.2 Å². The van der Waals surface area contributed by atoms with E-state index in [0.29, 0.717) is 43.0 Å². The number of alkyl halides is 3. The summed E-state index contributed by atoms with van der Waals surface area (Å²) in [5.41, 5.74) is 0.455. The van der Waals surface area contributed by atoms with Gasteiger partial charge in [0, 0.05) is 31.5 Å². The number of hydrogen-bond acceptors (Lipinski definition) is 4. The molecule has 1 aliphatic rings. The lowest BCUT2D eigenvalue weighted by Gasteiger charge is -2.33. The van der Waals surface area contributed by atoms with Gasteiger partial charge < -0.3 is 9.64 Å². The number of para-hydroxylation sites is 1. The van der Waals surface area contributed by atoms with Crippen molar-refractivity contribution in [1.29, 1.82) is 0 Å². The van der Waals surface area contributed by atoms with Gasteiger partial charge >= 0.3 is 6.18 Å². The Bertz CT molecular complexity index is 1000. The maximum Gasteiger partial charge on any atom is 0.419 e. The summed E-state index contributed by atoms with van der Waals surface area (Å²) in [5.74, 6) is 0.194. The van der Waals surface area contributed by atoms with Crippen LogP contribution in [0.15, 0.2) is 60.7 Å². The van der Waals surface area contributed by atoms with Crippen molar-refractivity contribution < 1.29 is 22.3 Å². The van der Waals surface area contributed by atoms with Gasteiger partial charge in [0.05, 0.1) is 11.3 Å². The standard InChI is InChI=1S/C22H19F4N3O/c23-16-5-3-4-15(14-16)19-8-9-21(28-27-19)29-12-10-17(11-13-29)30-20-7-2-1-6-18(20)22(24,25)26/h1-9,14,17H,10-13H2. The number of aromatic nitrogens is 2. The smallest absolute Gasteiger partial charge is 0.419 e. The van der Waals surface area contributed by atoms with Crippen LogP contribution in [0.2, 0.25) is 0 Å². The Balaban J connectivity index is 1.38. The van der Waals surface area contributed by atoms with Crippen LogP contribution in [-0.4, -0.2) is 29.4 Å². The summed E-state index contributed by atoms with van der Waals surface area (Å²) in [5, 5.41) is 8.40. The molecule has 0 aliphatic carbocycles. The second-order valence-electron chi connectivity index (χ2n) is 7.09. The summed E-state index contributed by atoms with van der Waals surface area (Å²) in [6, 6.07) is 15.0. The molecule has 0 bridgehead atoms. The molecule has 0 atom stereocenters. The topological polar surface area (TPSA) is 38.2 Å². The predicted molar refractivity (Wildman–Crippen MR) is 105 cm³/mol. The zero-order valence-electron chi connectivity index (χ0n) is 15.9. The lowest BCUT2D eigenvalue weighted by atomic mass is 10.1. The zero-order chi connectivity index (χ0) is 21.1. The molecule has 8 heteroatoms. The molecular weight excluding hydrogens is 398 g/mol. The molecular formula is C22H19F4N3O. The van der Waals surface area contributed by atoms with Gasteiger partial charge in [0.25, 0.3) is 0 Å². The third-order valence-corrected chi connectivity index (χ3v) is 5.02. The molecule has 0 spiro atoms. The Labute approximate surface area is 171 Å². The highest BCUT2D eigenvalue weighted by molar-refractivity contribution is 5.59. The number of halogens is 4. The molecule has 4 nitrogen and oxygen atoms in total. The first-order valence-electron chi connectivity index (χ1n) is 9.57. The van der Waals surface area contributed by atoms with Crippen LogP contribution in [0, 0.1) is 5.82 Å². The summed E-state index contributed by atoms with van der Waals surface area (Å²) < 4.78 is 58.5. The third kappa shape index (κ3) is 4.53. The molecule has 156 valence electrons. The van der Waals surface area contributed by atoms with Gasteiger partial charge in [0.2, 0.25) is 0 Å². The van der Waals surface area contributed by atoms with E-state index in [0.717, 1.165) is 6.07 Å². The fourth-order valence-electron chi connectivity index (χ4n) is 3.48. The predicted octanol–water partition coefficient (Wildman–Crippen LogP) is 5.35. The Morgan fingerprint density at radius 2 is 1.67 bits per heavy atom. The highest BCUT2D eigenvalue weighted by Crippen LogP contribution is 2.37. The molecule has 0 N–H and O–H groups in total. The van der Waals surface area contributed by atoms with E-state index < -0.39 is 11.7 Å². The summed E-state index contributed by atoms with van der Waals surface area (Å²) in [7, 11) is 0. The minimum atomic E-state index is -4.45. The van der Waals surface area contributed by atoms with E-state index in [2.05, 4.69) is 10.2 Å². The maximum atomic E-state index is 13.4. The van der Waals surface area contributed by atoms with Gasteiger partial charge in [0.1, 0.15) is 17.7 Å². The molecule has 2 aromatic carbocycles. The second kappa shape index (κ2) is 8.30. The van der Waals surface area contributed by atoms with Crippen LogP contribution in [0.4, 0.5) is 23.4 Å². The van der Waals surface area contributed by atoms with Crippen molar-refractivity contribution >= 4 is 5.82 Å². The van der Waals surface area contributed by atoms with Crippen molar-refractivity contribution in [3.63, 3.8) is 0 Å². The molecule has 30 heavy (non-hydrogen) atoms. The van der Waals surface area contributed by atoms with E-state index in [1.165, 1.54) is 30.3 Å². The van der Waals surface area contributed by atoms with E-state index in [1.807, 2.05) is 11.0 Å². The lowest BCUT2D eigenvalue weighted by Crippen LogP contribution is -2.39. The largest absolute Gasteiger partial charge is 0.490 e.